The van der Waals surface area contributed by atoms with Crippen molar-refractivity contribution in [2.24, 2.45) is 0 Å². The molecule has 1 N–H and O–H groups in total. The third kappa shape index (κ3) is 2.77. The SMILES string of the molecule is CCc1noc(C)c1C(=O)N1CCN([C@H]2CCC[C@@H]2O)CC1. The number of aliphatic hydroxyl groups excluding tert-OH is 1. The van der Waals surface area contributed by atoms with Crippen LogP contribution in [0.3, 0.4) is 0 Å². The molecule has 0 spiro atoms. The van der Waals surface area contributed by atoms with Crippen molar-refractivity contribution in [2.75, 3.05) is 26.2 Å². The number of hydrogen-bond donors (Lipinski definition) is 1. The quantitative estimate of drug-likeness (QED) is 0.909. The zero-order valence-corrected chi connectivity index (χ0v) is 13.4. The Morgan fingerprint density at radius 3 is 2.64 bits per heavy atom. The molecule has 2 fully saturated rings. The lowest BCUT2D eigenvalue weighted by Crippen LogP contribution is -2.53. The first-order valence-corrected chi connectivity index (χ1v) is 8.28. The number of aromatic nitrogens is 1. The summed E-state index contributed by atoms with van der Waals surface area (Å²) >= 11 is 0. The maximum Gasteiger partial charge on any atom is 0.259 e. The summed E-state index contributed by atoms with van der Waals surface area (Å²) in [4.78, 5) is 16.9. The van der Waals surface area contributed by atoms with Crippen LogP contribution in [-0.2, 0) is 6.42 Å². The van der Waals surface area contributed by atoms with Crippen molar-refractivity contribution in [1.29, 1.82) is 0 Å². The van der Waals surface area contributed by atoms with E-state index >= 15 is 0 Å². The molecule has 0 radical (unpaired) electrons. The van der Waals surface area contributed by atoms with Gasteiger partial charge < -0.3 is 14.5 Å². The fraction of sp³-hybridized carbons (Fsp3) is 0.750. The van der Waals surface area contributed by atoms with Crippen LogP contribution in [0.25, 0.3) is 0 Å². The van der Waals surface area contributed by atoms with Gasteiger partial charge in [0, 0.05) is 32.2 Å². The predicted molar refractivity (Wildman–Crippen MR) is 81.7 cm³/mol. The van der Waals surface area contributed by atoms with Gasteiger partial charge in [0.25, 0.3) is 5.91 Å². The summed E-state index contributed by atoms with van der Waals surface area (Å²) in [5, 5.41) is 14.0. The third-order valence-corrected chi connectivity index (χ3v) is 5.00. The lowest BCUT2D eigenvalue weighted by atomic mass is 10.1. The third-order valence-electron chi connectivity index (χ3n) is 5.00. The van der Waals surface area contributed by atoms with Crippen LogP contribution >= 0.6 is 0 Å². The van der Waals surface area contributed by atoms with E-state index in [9.17, 15) is 9.90 Å². The van der Waals surface area contributed by atoms with Crippen LogP contribution in [-0.4, -0.2) is 64.3 Å². The second-order valence-electron chi connectivity index (χ2n) is 6.31. The van der Waals surface area contributed by atoms with Gasteiger partial charge in [-0.15, -0.1) is 0 Å². The Kier molecular flexibility index (Phi) is 4.49. The van der Waals surface area contributed by atoms with Crippen molar-refractivity contribution in [3.05, 3.63) is 17.0 Å². The van der Waals surface area contributed by atoms with E-state index in [4.69, 9.17) is 4.52 Å². The Morgan fingerprint density at radius 1 is 1.32 bits per heavy atom. The Hall–Kier alpha value is -1.40. The van der Waals surface area contributed by atoms with Gasteiger partial charge in [-0.05, 0) is 32.6 Å². The summed E-state index contributed by atoms with van der Waals surface area (Å²) in [6.07, 6.45) is 3.58. The van der Waals surface area contributed by atoms with Gasteiger partial charge in [0.1, 0.15) is 11.3 Å². The highest BCUT2D eigenvalue weighted by Gasteiger charge is 2.34. The van der Waals surface area contributed by atoms with E-state index in [1.807, 2.05) is 11.8 Å². The zero-order valence-electron chi connectivity index (χ0n) is 13.4. The van der Waals surface area contributed by atoms with Gasteiger partial charge in [0.15, 0.2) is 0 Å². The minimum absolute atomic E-state index is 0.0298. The van der Waals surface area contributed by atoms with Crippen LogP contribution < -0.4 is 0 Å². The molecule has 1 aromatic rings. The number of carbonyl (C=O) groups excluding carboxylic acids is 1. The molecule has 1 saturated heterocycles. The van der Waals surface area contributed by atoms with Crippen LogP contribution in [0.2, 0.25) is 0 Å². The molecule has 0 aromatic carbocycles. The number of carbonyl (C=O) groups is 1. The largest absolute Gasteiger partial charge is 0.391 e. The van der Waals surface area contributed by atoms with Crippen molar-refractivity contribution in [3.8, 4) is 0 Å². The van der Waals surface area contributed by atoms with E-state index in [1.165, 1.54) is 0 Å². The van der Waals surface area contributed by atoms with E-state index in [0.29, 0.717) is 30.8 Å². The fourth-order valence-electron chi connectivity index (χ4n) is 3.69. The first-order chi connectivity index (χ1) is 10.6. The summed E-state index contributed by atoms with van der Waals surface area (Å²) in [5.74, 6) is 0.637. The Morgan fingerprint density at radius 2 is 2.05 bits per heavy atom. The van der Waals surface area contributed by atoms with Crippen molar-refractivity contribution in [2.45, 2.75) is 51.7 Å². The Labute approximate surface area is 131 Å². The van der Waals surface area contributed by atoms with Gasteiger partial charge in [-0.1, -0.05) is 12.1 Å². The molecule has 2 heterocycles. The minimum atomic E-state index is -0.200. The van der Waals surface area contributed by atoms with E-state index in [2.05, 4.69) is 10.1 Å². The van der Waals surface area contributed by atoms with Gasteiger partial charge in [-0.25, -0.2) is 0 Å². The van der Waals surface area contributed by atoms with Crippen molar-refractivity contribution >= 4 is 5.91 Å². The molecule has 6 nitrogen and oxygen atoms in total. The monoisotopic (exact) mass is 307 g/mol. The van der Waals surface area contributed by atoms with E-state index < -0.39 is 0 Å². The zero-order chi connectivity index (χ0) is 15.7. The maximum atomic E-state index is 12.7. The molecule has 1 amide bonds. The molecule has 2 atom stereocenters. The summed E-state index contributed by atoms with van der Waals surface area (Å²) in [6, 6.07) is 0.279. The van der Waals surface area contributed by atoms with Crippen LogP contribution in [0, 0.1) is 6.92 Å². The topological polar surface area (TPSA) is 69.8 Å². The van der Waals surface area contributed by atoms with Crippen molar-refractivity contribution in [1.82, 2.24) is 15.0 Å². The van der Waals surface area contributed by atoms with Crippen molar-refractivity contribution < 1.29 is 14.4 Å². The highest BCUT2D eigenvalue weighted by atomic mass is 16.5. The molecule has 0 unspecified atom stereocenters. The lowest BCUT2D eigenvalue weighted by molar-refractivity contribution is 0.0314. The van der Waals surface area contributed by atoms with E-state index in [1.54, 1.807) is 6.92 Å². The molecule has 3 rings (SSSR count). The predicted octanol–water partition coefficient (Wildman–Crippen LogP) is 1.22. The van der Waals surface area contributed by atoms with Gasteiger partial charge >= 0.3 is 0 Å². The smallest absolute Gasteiger partial charge is 0.259 e. The van der Waals surface area contributed by atoms with Gasteiger partial charge in [-0.2, -0.15) is 0 Å². The van der Waals surface area contributed by atoms with Crippen LogP contribution in [0.5, 0.6) is 0 Å². The molecule has 122 valence electrons. The molecule has 22 heavy (non-hydrogen) atoms. The molecule has 1 aliphatic carbocycles. The first-order valence-electron chi connectivity index (χ1n) is 8.28. The Bertz CT molecular complexity index is 535. The number of piperazine rings is 1. The number of nitrogens with zero attached hydrogens (tertiary/aromatic N) is 3. The van der Waals surface area contributed by atoms with E-state index in [0.717, 1.165) is 38.0 Å². The number of rotatable bonds is 3. The van der Waals surface area contributed by atoms with Crippen LogP contribution in [0.15, 0.2) is 4.52 Å². The highest BCUT2D eigenvalue weighted by molar-refractivity contribution is 5.96. The second kappa shape index (κ2) is 6.38. The van der Waals surface area contributed by atoms with Gasteiger partial charge in [0.2, 0.25) is 0 Å². The molecule has 1 aliphatic heterocycles. The fourth-order valence-corrected chi connectivity index (χ4v) is 3.69. The number of aryl methyl sites for hydroxylation is 2. The molecule has 0 bridgehead atoms. The normalized spacial score (nSPS) is 26.6. The molecular weight excluding hydrogens is 282 g/mol. The second-order valence-corrected chi connectivity index (χ2v) is 6.31. The average Bonchev–Trinajstić information content (AvgIpc) is 3.12. The molecule has 6 heteroatoms. The molecule has 1 aromatic heterocycles. The summed E-state index contributed by atoms with van der Waals surface area (Å²) in [6.45, 7) is 6.85. The highest BCUT2D eigenvalue weighted by Crippen LogP contribution is 2.25. The lowest BCUT2D eigenvalue weighted by Gasteiger charge is -2.39. The number of aliphatic hydroxyl groups is 1. The number of hydrogen-bond acceptors (Lipinski definition) is 5. The standard InChI is InChI=1S/C16H25N3O3/c1-3-12-15(11(2)22-17-12)16(21)19-9-7-18(8-10-19)13-5-4-6-14(13)20/h13-14,20H,3-10H2,1-2H3/t13-,14-/m0/s1. The Balaban J connectivity index is 1.63. The maximum absolute atomic E-state index is 12.7. The molecule has 1 saturated carbocycles. The summed E-state index contributed by atoms with van der Waals surface area (Å²) < 4.78 is 5.17. The minimum Gasteiger partial charge on any atom is -0.391 e. The number of amides is 1. The van der Waals surface area contributed by atoms with E-state index in [-0.39, 0.29) is 18.1 Å². The molecule has 2 aliphatic rings. The first kappa shape index (κ1) is 15.5. The average molecular weight is 307 g/mol. The van der Waals surface area contributed by atoms with Crippen LogP contribution in [0.4, 0.5) is 0 Å². The van der Waals surface area contributed by atoms with Crippen molar-refractivity contribution in [3.63, 3.8) is 0 Å². The molecular formula is C16H25N3O3. The van der Waals surface area contributed by atoms with Gasteiger partial charge in [0.05, 0.1) is 11.8 Å². The summed E-state index contributed by atoms with van der Waals surface area (Å²) in [5.41, 5.74) is 1.38. The summed E-state index contributed by atoms with van der Waals surface area (Å²) in [7, 11) is 0. The van der Waals surface area contributed by atoms with Gasteiger partial charge in [-0.3, -0.25) is 9.69 Å². The van der Waals surface area contributed by atoms with Crippen LogP contribution in [0.1, 0.15) is 48.0 Å².